The summed E-state index contributed by atoms with van der Waals surface area (Å²) < 4.78 is 2.38. The molecule has 4 nitrogen and oxygen atoms in total. The van der Waals surface area contributed by atoms with Crippen LogP contribution in [0.25, 0.3) is 105 Å². The van der Waals surface area contributed by atoms with E-state index in [4.69, 9.17) is 15.0 Å². The van der Waals surface area contributed by atoms with E-state index in [0.29, 0.717) is 17.5 Å². The van der Waals surface area contributed by atoms with E-state index in [0.717, 1.165) is 33.5 Å². The quantitative estimate of drug-likeness (QED) is 0.160. The third-order valence-electron chi connectivity index (χ3n) is 11.1. The van der Waals surface area contributed by atoms with E-state index >= 15 is 0 Å². The highest BCUT2D eigenvalue weighted by Crippen LogP contribution is 2.39. The van der Waals surface area contributed by atoms with E-state index in [1.165, 1.54) is 54.5 Å². The molecule has 266 valence electrons. The first-order valence-corrected chi connectivity index (χ1v) is 19.3. The van der Waals surface area contributed by atoms with Crippen LogP contribution >= 0.6 is 0 Å². The number of hydrogen-bond donors (Lipinski definition) is 0. The molecule has 0 amide bonds. The van der Waals surface area contributed by atoms with Crippen molar-refractivity contribution < 1.29 is 0 Å². The number of nitrogens with zero attached hydrogens (tertiary/aromatic N) is 4. The minimum atomic E-state index is 0.627. The van der Waals surface area contributed by atoms with Crippen LogP contribution in [0.5, 0.6) is 0 Å². The average Bonchev–Trinajstić information content (AvgIpc) is 3.64. The fourth-order valence-corrected chi connectivity index (χ4v) is 8.34. The third kappa shape index (κ3) is 5.66. The first-order chi connectivity index (χ1) is 28.3. The molecule has 0 saturated carbocycles. The SMILES string of the molecule is c1ccc(-c2nc(-c3ccc(-c4cc5ccccc5c5ccccc45)cc3)nc(-c3ccc(-n4c5ccccc5c5cccc(-c6ccccc6)c54)cc3)n2)cc1. The van der Waals surface area contributed by atoms with Crippen molar-refractivity contribution in [3.63, 3.8) is 0 Å². The van der Waals surface area contributed by atoms with E-state index in [9.17, 15) is 0 Å². The molecular weight excluding hydrogens is 693 g/mol. The van der Waals surface area contributed by atoms with Gasteiger partial charge in [0.05, 0.1) is 11.0 Å². The molecule has 11 rings (SSSR count). The van der Waals surface area contributed by atoms with Crippen molar-refractivity contribution in [2.45, 2.75) is 0 Å². The van der Waals surface area contributed by atoms with Crippen LogP contribution in [0, 0.1) is 0 Å². The van der Waals surface area contributed by atoms with Crippen molar-refractivity contribution in [1.82, 2.24) is 19.5 Å². The lowest BCUT2D eigenvalue weighted by molar-refractivity contribution is 1.07. The summed E-state index contributed by atoms with van der Waals surface area (Å²) in [6, 6.07) is 72.8. The highest BCUT2D eigenvalue weighted by atomic mass is 15.0. The van der Waals surface area contributed by atoms with Crippen LogP contribution < -0.4 is 0 Å². The van der Waals surface area contributed by atoms with Crippen LogP contribution in [0.4, 0.5) is 0 Å². The Bertz CT molecular complexity index is 3260. The van der Waals surface area contributed by atoms with Crippen LogP contribution in [0.3, 0.4) is 0 Å². The number of hydrogen-bond acceptors (Lipinski definition) is 3. The maximum absolute atomic E-state index is 5.11. The van der Waals surface area contributed by atoms with E-state index in [-0.39, 0.29) is 0 Å². The lowest BCUT2D eigenvalue weighted by atomic mass is 9.93. The van der Waals surface area contributed by atoms with Crippen LogP contribution in [0.1, 0.15) is 0 Å². The Morgan fingerprint density at radius 2 is 0.772 bits per heavy atom. The van der Waals surface area contributed by atoms with Gasteiger partial charge in [-0.25, -0.2) is 15.0 Å². The lowest BCUT2D eigenvalue weighted by Gasteiger charge is -2.13. The maximum atomic E-state index is 5.11. The fraction of sp³-hybridized carbons (Fsp3) is 0. The Kier molecular flexibility index (Phi) is 7.78. The molecule has 0 aliphatic carbocycles. The first-order valence-electron chi connectivity index (χ1n) is 19.3. The minimum Gasteiger partial charge on any atom is -0.309 e. The number of rotatable bonds is 6. The number of aromatic nitrogens is 4. The van der Waals surface area contributed by atoms with Gasteiger partial charge >= 0.3 is 0 Å². The molecule has 0 N–H and O–H groups in total. The number of benzene rings is 9. The molecule has 2 aromatic heterocycles. The summed E-state index contributed by atoms with van der Waals surface area (Å²) >= 11 is 0. The smallest absolute Gasteiger partial charge is 0.164 e. The zero-order valence-corrected chi connectivity index (χ0v) is 30.9. The summed E-state index contributed by atoms with van der Waals surface area (Å²) in [6.45, 7) is 0. The Morgan fingerprint density at radius 3 is 1.46 bits per heavy atom. The van der Waals surface area contributed by atoms with Gasteiger partial charge < -0.3 is 4.57 Å². The Labute approximate surface area is 330 Å². The van der Waals surface area contributed by atoms with Gasteiger partial charge in [-0.2, -0.15) is 0 Å². The van der Waals surface area contributed by atoms with Crippen molar-refractivity contribution in [2.75, 3.05) is 0 Å². The van der Waals surface area contributed by atoms with E-state index in [1.807, 2.05) is 30.3 Å². The molecule has 0 atom stereocenters. The molecule has 9 aromatic carbocycles. The van der Waals surface area contributed by atoms with Gasteiger partial charge in [-0.3, -0.25) is 0 Å². The van der Waals surface area contributed by atoms with Gasteiger partial charge in [-0.05, 0) is 74.6 Å². The molecule has 0 unspecified atom stereocenters. The van der Waals surface area contributed by atoms with Gasteiger partial charge in [-0.1, -0.05) is 170 Å². The molecule has 0 fully saturated rings. The normalized spacial score (nSPS) is 11.5. The molecule has 57 heavy (non-hydrogen) atoms. The number of para-hydroxylation sites is 2. The lowest BCUT2D eigenvalue weighted by Crippen LogP contribution is -2.01. The van der Waals surface area contributed by atoms with Crippen LogP contribution in [-0.2, 0) is 0 Å². The van der Waals surface area contributed by atoms with Gasteiger partial charge in [0.2, 0.25) is 0 Å². The Morgan fingerprint density at radius 1 is 0.298 bits per heavy atom. The summed E-state index contributed by atoms with van der Waals surface area (Å²) in [5.74, 6) is 1.90. The standard InChI is InChI=1S/C53H34N4/c1-3-14-35(15-4-1)43-23-13-24-47-46-22-11-12-25-49(46)57(50(43)47)41-32-30-39(31-33-41)53-55-51(37-16-5-2-6-17-37)54-52(56-53)38-28-26-36(27-29-38)48-34-40-18-7-8-19-42(40)44-20-9-10-21-45(44)48/h1-34H. The zero-order valence-electron chi connectivity index (χ0n) is 30.9. The molecule has 2 heterocycles. The molecule has 0 saturated heterocycles. The summed E-state index contributed by atoms with van der Waals surface area (Å²) in [7, 11) is 0. The van der Waals surface area contributed by atoms with Gasteiger partial charge in [0.1, 0.15) is 0 Å². The van der Waals surface area contributed by atoms with Gasteiger partial charge in [0, 0.05) is 38.7 Å². The van der Waals surface area contributed by atoms with Crippen LogP contribution in [-0.4, -0.2) is 19.5 Å². The van der Waals surface area contributed by atoms with Gasteiger partial charge in [0.25, 0.3) is 0 Å². The largest absolute Gasteiger partial charge is 0.309 e. The minimum absolute atomic E-state index is 0.627. The van der Waals surface area contributed by atoms with Gasteiger partial charge in [0.15, 0.2) is 17.5 Å². The highest BCUT2D eigenvalue weighted by Gasteiger charge is 2.18. The molecule has 0 bridgehead atoms. The van der Waals surface area contributed by atoms with Gasteiger partial charge in [-0.15, -0.1) is 0 Å². The second-order valence-electron chi connectivity index (χ2n) is 14.4. The Hall–Kier alpha value is -7.69. The second-order valence-corrected chi connectivity index (χ2v) is 14.4. The van der Waals surface area contributed by atoms with Crippen molar-refractivity contribution in [3.05, 3.63) is 206 Å². The molecule has 0 spiro atoms. The second kappa shape index (κ2) is 13.6. The predicted molar refractivity (Wildman–Crippen MR) is 236 cm³/mol. The summed E-state index contributed by atoms with van der Waals surface area (Å²) in [5.41, 5.74) is 11.0. The maximum Gasteiger partial charge on any atom is 0.164 e. The molecule has 0 aliphatic rings. The third-order valence-corrected chi connectivity index (χ3v) is 11.1. The summed E-state index contributed by atoms with van der Waals surface area (Å²) in [6.07, 6.45) is 0. The summed E-state index contributed by atoms with van der Waals surface area (Å²) in [5, 5.41) is 7.43. The number of fused-ring (bicyclic) bond motifs is 6. The van der Waals surface area contributed by atoms with Crippen molar-refractivity contribution in [1.29, 1.82) is 0 Å². The molecule has 0 aliphatic heterocycles. The van der Waals surface area contributed by atoms with E-state index in [1.54, 1.807) is 0 Å². The molecule has 4 heteroatoms. The average molecular weight is 727 g/mol. The highest BCUT2D eigenvalue weighted by molar-refractivity contribution is 6.15. The van der Waals surface area contributed by atoms with E-state index < -0.39 is 0 Å². The zero-order chi connectivity index (χ0) is 37.7. The fourth-order valence-electron chi connectivity index (χ4n) is 8.34. The molecule has 11 aromatic rings. The van der Waals surface area contributed by atoms with E-state index in [2.05, 4.69) is 180 Å². The van der Waals surface area contributed by atoms with Crippen LogP contribution in [0.2, 0.25) is 0 Å². The predicted octanol–water partition coefficient (Wildman–Crippen LogP) is 13.6. The molecule has 0 radical (unpaired) electrons. The summed E-state index contributed by atoms with van der Waals surface area (Å²) in [4.78, 5) is 15.2. The van der Waals surface area contributed by atoms with Crippen molar-refractivity contribution in [2.24, 2.45) is 0 Å². The van der Waals surface area contributed by atoms with Crippen molar-refractivity contribution in [3.8, 4) is 62.1 Å². The molecular formula is C53H34N4. The first kappa shape index (κ1) is 32.7. The van der Waals surface area contributed by atoms with Crippen LogP contribution in [0.15, 0.2) is 206 Å². The Balaban J connectivity index is 1.02. The monoisotopic (exact) mass is 726 g/mol. The topological polar surface area (TPSA) is 43.6 Å². The van der Waals surface area contributed by atoms with Crippen molar-refractivity contribution >= 4 is 43.4 Å².